The van der Waals surface area contributed by atoms with Crippen molar-refractivity contribution in [2.75, 3.05) is 45.2 Å². The summed E-state index contributed by atoms with van der Waals surface area (Å²) in [6, 6.07) is 3.63. The molecule has 0 spiro atoms. The molecule has 2 saturated heterocycles. The van der Waals surface area contributed by atoms with E-state index in [2.05, 4.69) is 5.32 Å². The third kappa shape index (κ3) is 3.38. The number of barbiturate groups is 1. The minimum Gasteiger partial charge on any atom is -0.368 e. The first-order valence-corrected chi connectivity index (χ1v) is 8.37. The molecule has 10 heteroatoms. The maximum atomic E-state index is 12.4. The van der Waals surface area contributed by atoms with Crippen molar-refractivity contribution in [2.24, 2.45) is 0 Å². The summed E-state index contributed by atoms with van der Waals surface area (Å²) in [5.74, 6) is -1.47. The van der Waals surface area contributed by atoms with E-state index in [1.54, 1.807) is 6.07 Å². The Balaban J connectivity index is 2.10. The summed E-state index contributed by atoms with van der Waals surface area (Å²) in [7, 11) is 2.57. The highest BCUT2D eigenvalue weighted by atomic mass is 16.6. The second kappa shape index (κ2) is 7.16. The molecule has 2 aliphatic rings. The van der Waals surface area contributed by atoms with Crippen molar-refractivity contribution in [1.82, 2.24) is 15.1 Å². The van der Waals surface area contributed by atoms with Crippen LogP contribution < -0.4 is 10.2 Å². The number of non-ortho nitro benzene ring substituents is 1. The van der Waals surface area contributed by atoms with Gasteiger partial charge in [-0.3, -0.25) is 29.5 Å². The van der Waals surface area contributed by atoms with E-state index in [-0.39, 0.29) is 11.3 Å². The zero-order valence-corrected chi connectivity index (χ0v) is 15.0. The van der Waals surface area contributed by atoms with Crippen molar-refractivity contribution in [1.29, 1.82) is 0 Å². The maximum absolute atomic E-state index is 12.4. The molecule has 2 fully saturated rings. The number of piperazine rings is 1. The van der Waals surface area contributed by atoms with E-state index in [1.165, 1.54) is 32.3 Å². The topological polar surface area (TPSA) is 116 Å². The van der Waals surface area contributed by atoms with Gasteiger partial charge in [0.2, 0.25) is 0 Å². The lowest BCUT2D eigenvalue weighted by molar-refractivity contribution is -0.384. The largest absolute Gasteiger partial charge is 0.368 e. The number of carbonyl (C=O) groups excluding carboxylic acids is 3. The van der Waals surface area contributed by atoms with Gasteiger partial charge in [-0.1, -0.05) is 0 Å². The number of benzene rings is 1. The van der Waals surface area contributed by atoms with Gasteiger partial charge in [0.1, 0.15) is 5.57 Å². The Morgan fingerprint density at radius 1 is 1.07 bits per heavy atom. The molecule has 0 unspecified atom stereocenters. The van der Waals surface area contributed by atoms with Crippen LogP contribution in [0.3, 0.4) is 0 Å². The molecule has 3 rings (SSSR count). The monoisotopic (exact) mass is 373 g/mol. The number of imide groups is 2. The van der Waals surface area contributed by atoms with Crippen LogP contribution in [0.5, 0.6) is 0 Å². The highest BCUT2D eigenvalue weighted by Crippen LogP contribution is 2.29. The average molecular weight is 373 g/mol. The Hall–Kier alpha value is -3.27. The first kappa shape index (κ1) is 18.5. The predicted molar refractivity (Wildman–Crippen MR) is 97.1 cm³/mol. The summed E-state index contributed by atoms with van der Waals surface area (Å²) < 4.78 is 0. The number of urea groups is 1. The Bertz CT molecular complexity index is 833. The molecule has 2 heterocycles. The van der Waals surface area contributed by atoms with Gasteiger partial charge in [-0.15, -0.1) is 0 Å². The van der Waals surface area contributed by atoms with Crippen molar-refractivity contribution in [2.45, 2.75) is 0 Å². The number of likely N-dealkylation sites (N-methyl/N-ethyl adjacent to an activating group) is 2. The number of hydrogen-bond acceptors (Lipinski definition) is 7. The zero-order valence-electron chi connectivity index (χ0n) is 15.0. The fraction of sp³-hybridized carbons (Fsp3) is 0.353. The van der Waals surface area contributed by atoms with Crippen LogP contribution in [0.2, 0.25) is 0 Å². The fourth-order valence-electron chi connectivity index (χ4n) is 3.10. The van der Waals surface area contributed by atoms with Gasteiger partial charge in [-0.05, 0) is 12.1 Å². The second-order valence-electron chi connectivity index (χ2n) is 6.31. The summed E-state index contributed by atoms with van der Waals surface area (Å²) >= 11 is 0. The first-order chi connectivity index (χ1) is 12.8. The molecule has 0 bridgehead atoms. The number of nitro groups is 1. The van der Waals surface area contributed by atoms with E-state index in [0.717, 1.165) is 22.9 Å². The quantitative estimate of drug-likeness (QED) is 0.354. The lowest BCUT2D eigenvalue weighted by atomic mass is 10.0. The standard InChI is InChI=1S/C17H19N5O5/c1-19-15(23)13(16(24)20(2)17(19)25)10-11-9-12(22(26)27)3-4-14(11)21-7-5-18-6-8-21/h3-4,9-10,18H,5-8H2,1-2H3. The number of anilines is 1. The molecule has 0 atom stereocenters. The Kier molecular flexibility index (Phi) is 4.91. The number of hydrogen-bond donors (Lipinski definition) is 1. The summed E-state index contributed by atoms with van der Waals surface area (Å²) in [5, 5.41) is 14.4. The molecule has 1 aromatic carbocycles. The lowest BCUT2D eigenvalue weighted by Gasteiger charge is -2.31. The van der Waals surface area contributed by atoms with Gasteiger partial charge in [0.05, 0.1) is 4.92 Å². The van der Waals surface area contributed by atoms with E-state index < -0.39 is 22.8 Å². The van der Waals surface area contributed by atoms with Crippen molar-refractivity contribution in [3.05, 3.63) is 39.4 Å². The Labute approximate surface area is 155 Å². The first-order valence-electron chi connectivity index (χ1n) is 8.37. The normalized spacial score (nSPS) is 18.2. The summed E-state index contributed by atoms with van der Waals surface area (Å²) in [5.41, 5.74) is 0.724. The summed E-state index contributed by atoms with van der Waals surface area (Å²) in [6.45, 7) is 2.89. The molecular formula is C17H19N5O5. The molecule has 4 amide bonds. The highest BCUT2D eigenvalue weighted by Gasteiger charge is 2.38. The van der Waals surface area contributed by atoms with Crippen LogP contribution >= 0.6 is 0 Å². The van der Waals surface area contributed by atoms with Crippen LogP contribution in [0.25, 0.3) is 6.08 Å². The van der Waals surface area contributed by atoms with Crippen molar-refractivity contribution < 1.29 is 19.3 Å². The van der Waals surface area contributed by atoms with Crippen molar-refractivity contribution >= 4 is 35.3 Å². The fourth-order valence-corrected chi connectivity index (χ4v) is 3.10. The van der Waals surface area contributed by atoms with Crippen molar-refractivity contribution in [3.63, 3.8) is 0 Å². The number of carbonyl (C=O) groups is 3. The average Bonchev–Trinajstić information content (AvgIpc) is 2.68. The van der Waals surface area contributed by atoms with Crippen LogP contribution in [0.4, 0.5) is 16.2 Å². The van der Waals surface area contributed by atoms with E-state index in [1.807, 2.05) is 4.90 Å². The molecule has 0 saturated carbocycles. The van der Waals surface area contributed by atoms with E-state index >= 15 is 0 Å². The van der Waals surface area contributed by atoms with Gasteiger partial charge >= 0.3 is 6.03 Å². The van der Waals surface area contributed by atoms with E-state index in [0.29, 0.717) is 24.3 Å². The predicted octanol–water partition coefficient (Wildman–Crippen LogP) is 0.438. The number of amides is 4. The van der Waals surface area contributed by atoms with Gasteiger partial charge in [-0.2, -0.15) is 0 Å². The number of nitrogens with zero attached hydrogens (tertiary/aromatic N) is 4. The second-order valence-corrected chi connectivity index (χ2v) is 6.31. The number of rotatable bonds is 3. The highest BCUT2D eigenvalue weighted by molar-refractivity contribution is 6.30. The zero-order chi connectivity index (χ0) is 19.7. The molecule has 1 N–H and O–H groups in total. The van der Waals surface area contributed by atoms with Crippen LogP contribution in [0.15, 0.2) is 23.8 Å². The molecule has 10 nitrogen and oxygen atoms in total. The van der Waals surface area contributed by atoms with E-state index in [9.17, 15) is 24.5 Å². The van der Waals surface area contributed by atoms with Crippen LogP contribution in [0, 0.1) is 10.1 Å². The molecule has 0 radical (unpaired) electrons. The number of nitrogens with one attached hydrogen (secondary N) is 1. The lowest BCUT2D eigenvalue weighted by Crippen LogP contribution is -2.53. The van der Waals surface area contributed by atoms with Crippen LogP contribution in [0.1, 0.15) is 5.56 Å². The third-order valence-corrected chi connectivity index (χ3v) is 4.62. The number of nitro benzene ring substituents is 1. The summed E-state index contributed by atoms with van der Waals surface area (Å²) in [6.07, 6.45) is 1.33. The third-order valence-electron chi connectivity index (χ3n) is 4.62. The van der Waals surface area contributed by atoms with Gasteiger partial charge < -0.3 is 10.2 Å². The molecule has 1 aromatic rings. The van der Waals surface area contributed by atoms with Crippen molar-refractivity contribution in [3.8, 4) is 0 Å². The maximum Gasteiger partial charge on any atom is 0.333 e. The van der Waals surface area contributed by atoms with Gasteiger partial charge in [0.25, 0.3) is 17.5 Å². The summed E-state index contributed by atoms with van der Waals surface area (Å²) in [4.78, 5) is 51.1. The van der Waals surface area contributed by atoms with Gasteiger partial charge in [0.15, 0.2) is 0 Å². The molecule has 2 aliphatic heterocycles. The SMILES string of the molecule is CN1C(=O)C(=Cc2cc([N+](=O)[O-])ccc2N2CCNCC2)C(=O)N(C)C1=O. The minimum atomic E-state index is -0.735. The molecule has 142 valence electrons. The van der Waals surface area contributed by atoms with Gasteiger partial charge in [-0.25, -0.2) is 4.79 Å². The molecule has 27 heavy (non-hydrogen) atoms. The van der Waals surface area contributed by atoms with Crippen LogP contribution in [-0.4, -0.2) is 72.8 Å². The molecule has 0 aromatic heterocycles. The smallest absolute Gasteiger partial charge is 0.333 e. The Morgan fingerprint density at radius 3 is 2.22 bits per heavy atom. The van der Waals surface area contributed by atoms with E-state index in [4.69, 9.17) is 0 Å². The molecule has 0 aliphatic carbocycles. The minimum absolute atomic E-state index is 0.144. The Morgan fingerprint density at radius 2 is 1.67 bits per heavy atom. The molecular weight excluding hydrogens is 354 g/mol. The van der Waals surface area contributed by atoms with Crippen LogP contribution in [-0.2, 0) is 9.59 Å². The van der Waals surface area contributed by atoms with Gasteiger partial charge in [0, 0.05) is 63.7 Å².